The van der Waals surface area contributed by atoms with Crippen LogP contribution in [0.1, 0.15) is 28.8 Å². The van der Waals surface area contributed by atoms with Gasteiger partial charge in [-0.05, 0) is 12.1 Å². The van der Waals surface area contributed by atoms with Gasteiger partial charge in [0.05, 0.1) is 6.61 Å². The number of benzene rings is 2. The third kappa shape index (κ3) is 4.21. The molecule has 29 heavy (non-hydrogen) atoms. The number of rotatable bonds is 4. The largest absolute Gasteiger partial charge is 0.460 e. The molecule has 1 aliphatic heterocycles. The van der Waals surface area contributed by atoms with Gasteiger partial charge >= 0.3 is 6.18 Å². The monoisotopic (exact) mass is 486 g/mol. The van der Waals surface area contributed by atoms with Crippen LogP contribution in [0.4, 0.5) is 13.2 Å². The quantitative estimate of drug-likeness (QED) is 0.426. The van der Waals surface area contributed by atoms with Crippen molar-refractivity contribution < 1.29 is 22.6 Å². The van der Waals surface area contributed by atoms with Gasteiger partial charge in [-0.25, -0.2) is 4.68 Å². The molecule has 6 nitrogen and oxygen atoms in total. The molecule has 2 aromatic carbocycles. The van der Waals surface area contributed by atoms with Gasteiger partial charge < -0.3 is 15.3 Å². The van der Waals surface area contributed by atoms with Gasteiger partial charge in [-0.2, -0.15) is 13.2 Å². The summed E-state index contributed by atoms with van der Waals surface area (Å²) in [6, 6.07) is 13.2. The van der Waals surface area contributed by atoms with Gasteiger partial charge in [-0.1, -0.05) is 58.0 Å². The molecule has 2 heterocycles. The average molecular weight is 487 g/mol. The van der Waals surface area contributed by atoms with Gasteiger partial charge in [0.25, 0.3) is 5.82 Å². The zero-order valence-corrected chi connectivity index (χ0v) is 17.1. The van der Waals surface area contributed by atoms with Gasteiger partial charge in [0, 0.05) is 26.9 Å². The molecule has 0 unspecified atom stereocenters. The minimum Gasteiger partial charge on any atom is -0.460 e. The molecule has 0 saturated heterocycles. The first kappa shape index (κ1) is 20.0. The van der Waals surface area contributed by atoms with Crippen LogP contribution in [0.3, 0.4) is 0 Å². The van der Waals surface area contributed by atoms with Crippen LogP contribution in [-0.4, -0.2) is 14.9 Å². The van der Waals surface area contributed by atoms with E-state index in [1.807, 2.05) is 42.5 Å². The molecule has 0 amide bonds. The van der Waals surface area contributed by atoms with Crippen LogP contribution < -0.4 is 10.6 Å². The van der Waals surface area contributed by atoms with Crippen molar-refractivity contribution in [1.29, 1.82) is 0 Å². The Hall–Kier alpha value is -2.24. The zero-order valence-electron chi connectivity index (χ0n) is 14.7. The molecule has 0 fully saturated rings. The van der Waals surface area contributed by atoms with E-state index in [9.17, 15) is 13.2 Å². The van der Waals surface area contributed by atoms with E-state index in [-0.39, 0.29) is 10.9 Å². The number of nitrogen functional groups attached to an aromatic ring is 1. The number of hydrogen-bond donors (Lipinski definition) is 1. The first-order valence-corrected chi connectivity index (χ1v) is 10.2. The second-order valence-corrected chi connectivity index (χ2v) is 8.05. The van der Waals surface area contributed by atoms with Crippen molar-refractivity contribution in [2.75, 3.05) is 5.84 Å². The highest BCUT2D eigenvalue weighted by atomic mass is 79.9. The Kier molecular flexibility index (Phi) is 5.45. The van der Waals surface area contributed by atoms with Gasteiger partial charge in [0.2, 0.25) is 11.4 Å². The molecule has 0 aliphatic carbocycles. The van der Waals surface area contributed by atoms with Gasteiger partial charge in [0.1, 0.15) is 5.75 Å². The molecule has 0 bridgehead atoms. The second-order valence-electron chi connectivity index (χ2n) is 6.19. The summed E-state index contributed by atoms with van der Waals surface area (Å²) >= 11 is 4.48. The molecular formula is C18H14BrF3N4O2S. The van der Waals surface area contributed by atoms with Crippen LogP contribution in [0.25, 0.3) is 0 Å². The van der Waals surface area contributed by atoms with Crippen LogP contribution in [0.15, 0.2) is 52.1 Å². The molecule has 2 N–H and O–H groups in total. The third-order valence-corrected chi connectivity index (χ3v) is 5.62. The molecule has 0 spiro atoms. The summed E-state index contributed by atoms with van der Waals surface area (Å²) in [5, 5.41) is 6.64. The number of fused-ring (bicyclic) bond motifs is 1. The Morgan fingerprint density at radius 3 is 2.66 bits per heavy atom. The maximum Gasteiger partial charge on any atom is 0.453 e. The van der Waals surface area contributed by atoms with Gasteiger partial charge in [-0.3, -0.25) is 0 Å². The van der Waals surface area contributed by atoms with E-state index in [1.165, 1.54) is 0 Å². The fraction of sp³-hybridized carbons (Fsp3) is 0.222. The van der Waals surface area contributed by atoms with Crippen LogP contribution in [0, 0.1) is 0 Å². The Balaban J connectivity index is 1.58. The van der Waals surface area contributed by atoms with E-state index in [0.29, 0.717) is 17.0 Å². The molecule has 1 aromatic heterocycles. The first-order chi connectivity index (χ1) is 13.8. The number of nitrogens with two attached hydrogens (primary N) is 1. The summed E-state index contributed by atoms with van der Waals surface area (Å²) in [4.78, 5) is 0. The minimum atomic E-state index is -4.67. The molecule has 1 atom stereocenters. The zero-order chi connectivity index (χ0) is 20.6. The van der Waals surface area contributed by atoms with Crippen molar-refractivity contribution in [3.63, 3.8) is 0 Å². The van der Waals surface area contributed by atoms with E-state index in [2.05, 4.69) is 26.1 Å². The van der Waals surface area contributed by atoms with Gasteiger partial charge in [-0.15, -0.1) is 10.2 Å². The highest BCUT2D eigenvalue weighted by Crippen LogP contribution is 2.40. The van der Waals surface area contributed by atoms with Crippen LogP contribution in [-0.2, 0) is 23.3 Å². The third-order valence-electron chi connectivity index (χ3n) is 4.17. The SMILES string of the molecule is Nn1c(SCc2cc(Br)cc3c2O[C@@H](c2ccccc2)OC3)nnc1C(F)(F)F. The maximum atomic E-state index is 12.9. The Morgan fingerprint density at radius 2 is 1.97 bits per heavy atom. The molecule has 0 saturated carbocycles. The van der Waals surface area contributed by atoms with E-state index in [1.54, 1.807) is 0 Å². The Labute approximate surface area is 176 Å². The van der Waals surface area contributed by atoms with Gasteiger partial charge in [0.15, 0.2) is 0 Å². The van der Waals surface area contributed by atoms with Crippen LogP contribution >= 0.6 is 27.7 Å². The molecule has 152 valence electrons. The minimum absolute atomic E-state index is 0.0438. The van der Waals surface area contributed by atoms with Crippen LogP contribution in [0.2, 0.25) is 0 Å². The number of nitrogens with zero attached hydrogens (tertiary/aromatic N) is 3. The van der Waals surface area contributed by atoms with Crippen molar-refractivity contribution in [1.82, 2.24) is 14.9 Å². The summed E-state index contributed by atoms with van der Waals surface area (Å²) in [7, 11) is 0. The van der Waals surface area contributed by atoms with Crippen molar-refractivity contribution in [2.24, 2.45) is 0 Å². The average Bonchev–Trinajstić information content (AvgIpc) is 3.07. The lowest BCUT2D eigenvalue weighted by molar-refractivity contribution is -0.146. The Bertz CT molecular complexity index is 1030. The summed E-state index contributed by atoms with van der Waals surface area (Å²) in [6.07, 6.45) is -5.23. The van der Waals surface area contributed by atoms with Crippen molar-refractivity contribution in [2.45, 2.75) is 30.0 Å². The van der Waals surface area contributed by atoms with Crippen molar-refractivity contribution in [3.05, 3.63) is 69.5 Å². The topological polar surface area (TPSA) is 75.2 Å². The number of halogens is 4. The standard InChI is InChI=1S/C18H14BrF3N4O2S/c19-13-6-11-8-27-15(10-4-2-1-3-5-10)28-14(11)12(7-13)9-29-17-25-24-16(26(17)23)18(20,21)22/h1-7,15H,8-9,23H2/t15-/m0/s1. The molecule has 3 aromatic rings. The summed E-state index contributed by atoms with van der Waals surface area (Å²) in [6.45, 7) is 0.345. The lowest BCUT2D eigenvalue weighted by Crippen LogP contribution is -2.21. The highest BCUT2D eigenvalue weighted by molar-refractivity contribution is 9.10. The lowest BCUT2D eigenvalue weighted by Gasteiger charge is -2.28. The number of hydrogen-bond acceptors (Lipinski definition) is 6. The number of alkyl halides is 3. The Morgan fingerprint density at radius 1 is 1.21 bits per heavy atom. The fourth-order valence-electron chi connectivity index (χ4n) is 2.87. The predicted molar refractivity (Wildman–Crippen MR) is 103 cm³/mol. The summed E-state index contributed by atoms with van der Waals surface area (Å²) in [5.74, 6) is 5.19. The number of thioether (sulfide) groups is 1. The maximum absolute atomic E-state index is 12.9. The fourth-order valence-corrected chi connectivity index (χ4v) is 4.25. The second kappa shape index (κ2) is 7.88. The van der Waals surface area contributed by atoms with E-state index in [0.717, 1.165) is 32.9 Å². The van der Waals surface area contributed by atoms with E-state index in [4.69, 9.17) is 15.3 Å². The molecule has 4 rings (SSSR count). The molecule has 1 aliphatic rings. The number of aromatic nitrogens is 3. The predicted octanol–water partition coefficient (Wildman–Crippen LogP) is 4.67. The normalized spacial score (nSPS) is 16.3. The molecule has 11 heteroatoms. The van der Waals surface area contributed by atoms with E-state index < -0.39 is 18.3 Å². The van der Waals surface area contributed by atoms with Crippen molar-refractivity contribution >= 4 is 27.7 Å². The molecular weight excluding hydrogens is 473 g/mol. The smallest absolute Gasteiger partial charge is 0.453 e. The highest BCUT2D eigenvalue weighted by Gasteiger charge is 2.38. The van der Waals surface area contributed by atoms with E-state index >= 15 is 0 Å². The molecule has 0 radical (unpaired) electrons. The van der Waals surface area contributed by atoms with Crippen LogP contribution in [0.5, 0.6) is 5.75 Å². The first-order valence-electron chi connectivity index (χ1n) is 8.38. The lowest BCUT2D eigenvalue weighted by atomic mass is 10.1. The summed E-state index contributed by atoms with van der Waals surface area (Å²) < 4.78 is 51.7. The van der Waals surface area contributed by atoms with Crippen molar-refractivity contribution in [3.8, 4) is 5.75 Å². The number of ether oxygens (including phenoxy) is 2. The summed E-state index contributed by atoms with van der Waals surface area (Å²) in [5.41, 5.74) is 2.49.